The number of fused-ring (bicyclic) bond motifs is 1. The van der Waals surface area contributed by atoms with Gasteiger partial charge in [0, 0.05) is 41.7 Å². The predicted molar refractivity (Wildman–Crippen MR) is 138 cm³/mol. The minimum atomic E-state index is 0. The van der Waals surface area contributed by atoms with Crippen LogP contribution in [0.5, 0.6) is 11.5 Å². The molecule has 0 aromatic heterocycles. The third-order valence-electron chi connectivity index (χ3n) is 7.52. The third kappa shape index (κ3) is 6.44. The van der Waals surface area contributed by atoms with E-state index in [4.69, 9.17) is 0 Å². The molecule has 0 radical (unpaired) electrons. The SMILES string of the molecule is CC1CCC(NCc2ccc3c(CNC4CCC(C)CC4)c(O)ccc3c2O)CC1.Cl.Cl. The van der Waals surface area contributed by atoms with Gasteiger partial charge in [-0.05, 0) is 80.7 Å². The van der Waals surface area contributed by atoms with E-state index >= 15 is 0 Å². The van der Waals surface area contributed by atoms with E-state index in [1.807, 2.05) is 12.1 Å². The van der Waals surface area contributed by atoms with Crippen molar-refractivity contribution in [3.05, 3.63) is 35.4 Å². The van der Waals surface area contributed by atoms with Gasteiger partial charge in [0.15, 0.2) is 0 Å². The van der Waals surface area contributed by atoms with Crippen LogP contribution in [-0.4, -0.2) is 22.3 Å². The van der Waals surface area contributed by atoms with Gasteiger partial charge in [-0.15, -0.1) is 24.8 Å². The van der Waals surface area contributed by atoms with Gasteiger partial charge in [0.2, 0.25) is 0 Å². The van der Waals surface area contributed by atoms with Gasteiger partial charge in [-0.3, -0.25) is 0 Å². The fourth-order valence-corrected chi connectivity index (χ4v) is 5.24. The van der Waals surface area contributed by atoms with Gasteiger partial charge in [-0.25, -0.2) is 0 Å². The van der Waals surface area contributed by atoms with Crippen LogP contribution in [0.3, 0.4) is 0 Å². The number of rotatable bonds is 6. The molecule has 0 unspecified atom stereocenters. The highest BCUT2D eigenvalue weighted by Crippen LogP contribution is 2.35. The van der Waals surface area contributed by atoms with E-state index in [1.165, 1.54) is 51.4 Å². The molecule has 6 heteroatoms. The molecule has 32 heavy (non-hydrogen) atoms. The van der Waals surface area contributed by atoms with Gasteiger partial charge in [-0.2, -0.15) is 0 Å². The summed E-state index contributed by atoms with van der Waals surface area (Å²) in [5, 5.41) is 30.5. The highest BCUT2D eigenvalue weighted by molar-refractivity contribution is 5.93. The van der Waals surface area contributed by atoms with Crippen LogP contribution in [0.2, 0.25) is 0 Å². The quantitative estimate of drug-likeness (QED) is 0.382. The van der Waals surface area contributed by atoms with Crippen molar-refractivity contribution >= 4 is 35.6 Å². The number of benzene rings is 2. The van der Waals surface area contributed by atoms with Gasteiger partial charge in [0.25, 0.3) is 0 Å². The van der Waals surface area contributed by atoms with Crippen molar-refractivity contribution in [1.29, 1.82) is 0 Å². The molecule has 180 valence electrons. The van der Waals surface area contributed by atoms with Gasteiger partial charge in [0.05, 0.1) is 0 Å². The minimum absolute atomic E-state index is 0. The van der Waals surface area contributed by atoms with Crippen LogP contribution in [-0.2, 0) is 13.1 Å². The molecule has 0 bridgehead atoms. The number of hydrogen-bond donors (Lipinski definition) is 4. The number of phenols is 2. The zero-order valence-corrected chi connectivity index (χ0v) is 21.0. The Kier molecular flexibility index (Phi) is 10.4. The fraction of sp³-hybridized carbons (Fsp3) is 0.615. The summed E-state index contributed by atoms with van der Waals surface area (Å²) in [5.41, 5.74) is 1.83. The van der Waals surface area contributed by atoms with Crippen molar-refractivity contribution in [2.24, 2.45) is 11.8 Å². The standard InChI is InChI=1S/C26H38N2O2.2ClH/c1-17-3-8-20(9-4-17)27-15-19-7-12-22-23(26(19)30)13-14-25(29)24(22)16-28-21-10-5-18(2)6-11-21;;/h7,12-14,17-18,20-21,27-30H,3-6,8-11,15-16H2,1-2H3;2*1H. The minimum Gasteiger partial charge on any atom is -0.508 e. The van der Waals surface area contributed by atoms with E-state index in [2.05, 4.69) is 30.5 Å². The first kappa shape index (κ1) is 27.0. The molecule has 2 aliphatic rings. The number of nitrogens with one attached hydrogen (secondary N) is 2. The predicted octanol–water partition coefficient (Wildman–Crippen LogP) is 6.43. The number of hydrogen-bond acceptors (Lipinski definition) is 4. The second kappa shape index (κ2) is 12.3. The fourth-order valence-electron chi connectivity index (χ4n) is 5.24. The van der Waals surface area contributed by atoms with Gasteiger partial charge < -0.3 is 20.8 Å². The number of halogens is 2. The first-order chi connectivity index (χ1) is 14.5. The Bertz CT molecular complexity index is 861. The van der Waals surface area contributed by atoms with Crippen molar-refractivity contribution in [2.45, 2.75) is 90.4 Å². The van der Waals surface area contributed by atoms with Crippen molar-refractivity contribution in [1.82, 2.24) is 10.6 Å². The third-order valence-corrected chi connectivity index (χ3v) is 7.52. The zero-order valence-electron chi connectivity index (χ0n) is 19.4. The van der Waals surface area contributed by atoms with Crippen molar-refractivity contribution in [2.75, 3.05) is 0 Å². The van der Waals surface area contributed by atoms with Crippen LogP contribution in [0.4, 0.5) is 0 Å². The lowest BCUT2D eigenvalue weighted by Crippen LogP contribution is -2.32. The maximum atomic E-state index is 10.9. The lowest BCUT2D eigenvalue weighted by molar-refractivity contribution is 0.305. The van der Waals surface area contributed by atoms with E-state index in [0.29, 0.717) is 36.7 Å². The van der Waals surface area contributed by atoms with Crippen LogP contribution in [0.25, 0.3) is 10.8 Å². The lowest BCUT2D eigenvalue weighted by atomic mass is 9.87. The lowest BCUT2D eigenvalue weighted by Gasteiger charge is -2.27. The molecule has 0 aliphatic heterocycles. The summed E-state index contributed by atoms with van der Waals surface area (Å²) < 4.78 is 0. The Hall–Kier alpha value is -1.20. The molecule has 0 spiro atoms. The van der Waals surface area contributed by atoms with Crippen molar-refractivity contribution < 1.29 is 10.2 Å². The van der Waals surface area contributed by atoms with Gasteiger partial charge in [0.1, 0.15) is 11.5 Å². The summed E-state index contributed by atoms with van der Waals surface area (Å²) in [5.74, 6) is 2.32. The van der Waals surface area contributed by atoms with E-state index in [0.717, 1.165) is 33.7 Å². The molecular formula is C26H40Cl2N2O2. The molecule has 4 N–H and O–H groups in total. The smallest absolute Gasteiger partial charge is 0.127 e. The molecular weight excluding hydrogens is 443 g/mol. The highest BCUT2D eigenvalue weighted by atomic mass is 35.5. The molecule has 4 rings (SSSR count). The largest absolute Gasteiger partial charge is 0.508 e. The van der Waals surface area contributed by atoms with Crippen LogP contribution < -0.4 is 10.6 Å². The van der Waals surface area contributed by atoms with Crippen LogP contribution in [0.15, 0.2) is 24.3 Å². The maximum Gasteiger partial charge on any atom is 0.127 e. The normalized spacial score (nSPS) is 25.7. The molecule has 2 aromatic carbocycles. The zero-order chi connectivity index (χ0) is 21.1. The summed E-state index contributed by atoms with van der Waals surface area (Å²) in [6.45, 7) is 5.99. The molecule has 0 atom stereocenters. The Balaban J connectivity index is 0.00000181. The Morgan fingerprint density at radius 3 is 1.75 bits per heavy atom. The summed E-state index contributed by atoms with van der Waals surface area (Å²) in [7, 11) is 0. The summed E-state index contributed by atoms with van der Waals surface area (Å²) in [6, 6.07) is 8.72. The number of phenolic OH excluding ortho intramolecular Hbond substituents is 2. The maximum absolute atomic E-state index is 10.9. The molecule has 2 aromatic rings. The molecule has 0 saturated heterocycles. The van der Waals surface area contributed by atoms with Crippen molar-refractivity contribution in [3.8, 4) is 11.5 Å². The number of aromatic hydroxyl groups is 2. The van der Waals surface area contributed by atoms with Crippen LogP contribution in [0.1, 0.15) is 76.3 Å². The van der Waals surface area contributed by atoms with Gasteiger partial charge >= 0.3 is 0 Å². The van der Waals surface area contributed by atoms with E-state index in [9.17, 15) is 10.2 Å². The average Bonchev–Trinajstić information content (AvgIpc) is 2.75. The van der Waals surface area contributed by atoms with E-state index in [-0.39, 0.29) is 24.8 Å². The Morgan fingerprint density at radius 1 is 0.688 bits per heavy atom. The average molecular weight is 484 g/mol. The Labute approximate surface area is 205 Å². The summed E-state index contributed by atoms with van der Waals surface area (Å²) in [4.78, 5) is 0. The monoisotopic (exact) mass is 482 g/mol. The second-order valence-corrected chi connectivity index (χ2v) is 9.91. The molecule has 4 nitrogen and oxygen atoms in total. The topological polar surface area (TPSA) is 64.5 Å². The molecule has 2 fully saturated rings. The molecule has 0 amide bonds. The van der Waals surface area contributed by atoms with Gasteiger partial charge in [-0.1, -0.05) is 26.0 Å². The summed E-state index contributed by atoms with van der Waals surface area (Å²) >= 11 is 0. The second-order valence-electron chi connectivity index (χ2n) is 9.91. The van der Waals surface area contributed by atoms with E-state index < -0.39 is 0 Å². The molecule has 2 aliphatic carbocycles. The van der Waals surface area contributed by atoms with Crippen LogP contribution >= 0.6 is 24.8 Å². The first-order valence-electron chi connectivity index (χ1n) is 11.9. The summed E-state index contributed by atoms with van der Waals surface area (Å²) in [6.07, 6.45) is 9.97. The molecule has 2 saturated carbocycles. The Morgan fingerprint density at radius 2 is 1.19 bits per heavy atom. The highest BCUT2D eigenvalue weighted by Gasteiger charge is 2.20. The van der Waals surface area contributed by atoms with E-state index in [1.54, 1.807) is 6.07 Å². The first-order valence-corrected chi connectivity index (χ1v) is 11.9. The van der Waals surface area contributed by atoms with Crippen LogP contribution in [0, 0.1) is 11.8 Å². The van der Waals surface area contributed by atoms with Crippen molar-refractivity contribution in [3.63, 3.8) is 0 Å². The molecule has 0 heterocycles.